The van der Waals surface area contributed by atoms with Gasteiger partial charge in [0.25, 0.3) is 0 Å². The fraction of sp³-hybridized carbons (Fsp3) is 0.500. The van der Waals surface area contributed by atoms with Gasteiger partial charge in [-0.25, -0.2) is 4.79 Å². The number of nitrogens with one attached hydrogen (secondary N) is 1. The summed E-state index contributed by atoms with van der Waals surface area (Å²) in [6, 6.07) is 7.71. The summed E-state index contributed by atoms with van der Waals surface area (Å²) in [7, 11) is 1.66. The molecule has 1 aliphatic rings. The Kier molecular flexibility index (Phi) is 4.27. The number of hydrogen-bond donors (Lipinski definition) is 2. The Morgan fingerprint density at radius 2 is 2.32 bits per heavy atom. The second-order valence-corrected chi connectivity index (χ2v) is 4.97. The van der Waals surface area contributed by atoms with Crippen LogP contribution in [0.4, 0.5) is 4.79 Å². The van der Waals surface area contributed by atoms with Crippen LogP contribution in [-0.4, -0.2) is 48.4 Å². The van der Waals surface area contributed by atoms with E-state index in [-0.39, 0.29) is 12.1 Å². The van der Waals surface area contributed by atoms with E-state index in [0.717, 1.165) is 12.2 Å². The maximum absolute atomic E-state index is 11.8. The molecular weight excluding hydrogens is 244 g/mol. The number of ether oxygens (including phenoxy) is 1. The van der Waals surface area contributed by atoms with Crippen molar-refractivity contribution < 1.29 is 14.6 Å². The van der Waals surface area contributed by atoms with Crippen LogP contribution in [0.1, 0.15) is 12.5 Å². The molecule has 0 spiro atoms. The second kappa shape index (κ2) is 5.93. The highest BCUT2D eigenvalue weighted by Crippen LogP contribution is 2.27. The van der Waals surface area contributed by atoms with Gasteiger partial charge in [0.2, 0.25) is 0 Å². The largest absolute Gasteiger partial charge is 0.488 e. The van der Waals surface area contributed by atoms with Crippen molar-refractivity contribution in [2.24, 2.45) is 0 Å². The van der Waals surface area contributed by atoms with Gasteiger partial charge in [0, 0.05) is 20.0 Å². The Morgan fingerprint density at radius 3 is 3.00 bits per heavy atom. The van der Waals surface area contributed by atoms with E-state index in [9.17, 15) is 9.90 Å². The minimum Gasteiger partial charge on any atom is -0.488 e. The van der Waals surface area contributed by atoms with Crippen LogP contribution in [0.2, 0.25) is 0 Å². The lowest BCUT2D eigenvalue weighted by Gasteiger charge is -2.20. The molecule has 5 nitrogen and oxygen atoms in total. The molecule has 0 radical (unpaired) electrons. The van der Waals surface area contributed by atoms with Gasteiger partial charge >= 0.3 is 6.03 Å². The minimum atomic E-state index is -0.525. The standard InChI is InChI=1S/C14H20N2O3/c1-10(17)9-16(2)14(18)15-8-12-7-11-5-3-4-6-13(11)19-12/h3-6,10,12,17H,7-9H2,1-2H3,(H,15,18). The van der Waals surface area contributed by atoms with Crippen LogP contribution in [0.3, 0.4) is 0 Å². The zero-order valence-corrected chi connectivity index (χ0v) is 11.3. The SMILES string of the molecule is CC(O)CN(C)C(=O)NCC1Cc2ccccc2O1. The van der Waals surface area contributed by atoms with Gasteiger partial charge in [0.1, 0.15) is 11.9 Å². The molecule has 1 heterocycles. The number of likely N-dealkylation sites (N-methyl/N-ethyl adjacent to an activating group) is 1. The zero-order chi connectivity index (χ0) is 13.8. The highest BCUT2D eigenvalue weighted by atomic mass is 16.5. The number of aliphatic hydroxyl groups excluding tert-OH is 1. The average Bonchev–Trinajstić information content (AvgIpc) is 2.77. The number of rotatable bonds is 4. The Labute approximate surface area is 113 Å². The van der Waals surface area contributed by atoms with Gasteiger partial charge in [-0.15, -0.1) is 0 Å². The van der Waals surface area contributed by atoms with Crippen molar-refractivity contribution in [1.82, 2.24) is 10.2 Å². The molecule has 104 valence electrons. The van der Waals surface area contributed by atoms with Crippen LogP contribution >= 0.6 is 0 Å². The third-order valence-electron chi connectivity index (χ3n) is 3.08. The van der Waals surface area contributed by atoms with E-state index < -0.39 is 6.10 Å². The summed E-state index contributed by atoms with van der Waals surface area (Å²) < 4.78 is 5.74. The number of nitrogens with zero attached hydrogens (tertiary/aromatic N) is 1. The Bertz CT molecular complexity index is 423. The zero-order valence-electron chi connectivity index (χ0n) is 11.3. The number of urea groups is 1. The number of benzene rings is 1. The van der Waals surface area contributed by atoms with Gasteiger partial charge in [-0.3, -0.25) is 0 Å². The van der Waals surface area contributed by atoms with Crippen LogP contribution in [0.25, 0.3) is 0 Å². The lowest BCUT2D eigenvalue weighted by Crippen LogP contribution is -2.44. The van der Waals surface area contributed by atoms with Crippen molar-refractivity contribution >= 4 is 6.03 Å². The summed E-state index contributed by atoms with van der Waals surface area (Å²) in [6.45, 7) is 2.44. The van der Waals surface area contributed by atoms with Gasteiger partial charge < -0.3 is 20.1 Å². The molecule has 0 saturated heterocycles. The van der Waals surface area contributed by atoms with E-state index in [1.807, 2.05) is 24.3 Å². The normalized spacial score (nSPS) is 18.4. The molecule has 2 atom stereocenters. The third-order valence-corrected chi connectivity index (χ3v) is 3.08. The monoisotopic (exact) mass is 264 g/mol. The molecule has 2 N–H and O–H groups in total. The first-order chi connectivity index (χ1) is 9.06. The number of aliphatic hydroxyl groups is 1. The van der Waals surface area contributed by atoms with Gasteiger partial charge in [-0.05, 0) is 18.6 Å². The Morgan fingerprint density at radius 1 is 1.58 bits per heavy atom. The van der Waals surface area contributed by atoms with Crippen molar-refractivity contribution in [1.29, 1.82) is 0 Å². The Hall–Kier alpha value is -1.75. The van der Waals surface area contributed by atoms with Crippen molar-refractivity contribution in [3.8, 4) is 5.75 Å². The van der Waals surface area contributed by atoms with E-state index in [0.29, 0.717) is 13.1 Å². The molecule has 2 unspecified atom stereocenters. The number of hydrogen-bond acceptors (Lipinski definition) is 3. The first-order valence-corrected chi connectivity index (χ1v) is 6.48. The molecule has 0 bridgehead atoms. The molecule has 1 aromatic carbocycles. The average molecular weight is 264 g/mol. The van der Waals surface area contributed by atoms with Crippen molar-refractivity contribution in [3.05, 3.63) is 29.8 Å². The number of carbonyl (C=O) groups is 1. The lowest BCUT2D eigenvalue weighted by molar-refractivity contribution is 0.141. The predicted molar refractivity (Wildman–Crippen MR) is 72.3 cm³/mol. The number of carbonyl (C=O) groups excluding carboxylic acids is 1. The van der Waals surface area contributed by atoms with E-state index in [2.05, 4.69) is 5.32 Å². The van der Waals surface area contributed by atoms with Crippen LogP contribution in [0.15, 0.2) is 24.3 Å². The maximum Gasteiger partial charge on any atom is 0.317 e. The van der Waals surface area contributed by atoms with Crippen LogP contribution in [0, 0.1) is 0 Å². The van der Waals surface area contributed by atoms with Crippen molar-refractivity contribution in [2.45, 2.75) is 25.6 Å². The topological polar surface area (TPSA) is 61.8 Å². The molecule has 0 aliphatic carbocycles. The molecule has 0 aromatic heterocycles. The summed E-state index contributed by atoms with van der Waals surface area (Å²) in [5.74, 6) is 0.902. The third kappa shape index (κ3) is 3.61. The second-order valence-electron chi connectivity index (χ2n) is 4.97. The van der Waals surface area contributed by atoms with Gasteiger partial charge in [-0.1, -0.05) is 18.2 Å². The first kappa shape index (κ1) is 13.7. The van der Waals surface area contributed by atoms with E-state index in [1.165, 1.54) is 10.5 Å². The molecule has 0 fully saturated rings. The molecule has 19 heavy (non-hydrogen) atoms. The molecule has 5 heteroatoms. The van der Waals surface area contributed by atoms with Gasteiger partial charge in [-0.2, -0.15) is 0 Å². The Balaban J connectivity index is 1.77. The minimum absolute atomic E-state index is 0.0127. The molecule has 1 aliphatic heterocycles. The van der Waals surface area contributed by atoms with Gasteiger partial charge in [0.05, 0.1) is 12.6 Å². The summed E-state index contributed by atoms with van der Waals surface area (Å²) in [4.78, 5) is 13.2. The quantitative estimate of drug-likeness (QED) is 0.853. The van der Waals surface area contributed by atoms with Crippen molar-refractivity contribution in [3.63, 3.8) is 0 Å². The van der Waals surface area contributed by atoms with E-state index in [1.54, 1.807) is 14.0 Å². The highest BCUT2D eigenvalue weighted by molar-refractivity contribution is 5.73. The maximum atomic E-state index is 11.8. The van der Waals surface area contributed by atoms with Crippen LogP contribution in [0.5, 0.6) is 5.75 Å². The fourth-order valence-electron chi connectivity index (χ4n) is 2.18. The number of amides is 2. The predicted octanol–water partition coefficient (Wildman–Crippen LogP) is 1.01. The first-order valence-electron chi connectivity index (χ1n) is 6.48. The molecular formula is C14H20N2O3. The van der Waals surface area contributed by atoms with Crippen LogP contribution < -0.4 is 10.1 Å². The van der Waals surface area contributed by atoms with E-state index in [4.69, 9.17) is 4.74 Å². The summed E-state index contributed by atoms with van der Waals surface area (Å²) in [5.41, 5.74) is 1.18. The molecule has 1 aromatic rings. The molecule has 0 saturated carbocycles. The summed E-state index contributed by atoms with van der Waals surface area (Å²) in [6.07, 6.45) is 0.278. The van der Waals surface area contributed by atoms with Crippen LogP contribution in [-0.2, 0) is 6.42 Å². The smallest absolute Gasteiger partial charge is 0.317 e. The lowest BCUT2D eigenvalue weighted by atomic mass is 10.1. The van der Waals surface area contributed by atoms with E-state index >= 15 is 0 Å². The number of para-hydroxylation sites is 1. The number of fused-ring (bicyclic) bond motifs is 1. The molecule has 2 amide bonds. The highest BCUT2D eigenvalue weighted by Gasteiger charge is 2.23. The summed E-state index contributed by atoms with van der Waals surface area (Å²) in [5, 5.41) is 12.0. The molecule has 2 rings (SSSR count). The fourth-order valence-corrected chi connectivity index (χ4v) is 2.18. The summed E-state index contributed by atoms with van der Waals surface area (Å²) >= 11 is 0. The van der Waals surface area contributed by atoms with Gasteiger partial charge in [0.15, 0.2) is 0 Å². The van der Waals surface area contributed by atoms with Crippen molar-refractivity contribution in [2.75, 3.05) is 20.1 Å².